The summed E-state index contributed by atoms with van der Waals surface area (Å²) >= 11 is 8.35. The number of ether oxygens (including phenoxy) is 1. The highest BCUT2D eigenvalue weighted by molar-refractivity contribution is 9.10. The van der Waals surface area contributed by atoms with Crippen LogP contribution in [0.5, 0.6) is 5.75 Å². The zero-order chi connectivity index (χ0) is 9.14. The van der Waals surface area contributed by atoms with Crippen LogP contribution in [0.15, 0.2) is 22.7 Å². The summed E-state index contributed by atoms with van der Waals surface area (Å²) in [5.41, 5.74) is 0.169. The molecule has 0 aliphatic carbocycles. The van der Waals surface area contributed by atoms with Gasteiger partial charge in [-0.2, -0.15) is 0 Å². The monoisotopic (exact) mass is 248 g/mol. The summed E-state index contributed by atoms with van der Waals surface area (Å²) < 4.78 is 5.63. The van der Waals surface area contributed by atoms with E-state index in [4.69, 9.17) is 11.6 Å². The Morgan fingerprint density at radius 1 is 1.58 bits per heavy atom. The fourth-order valence-corrected chi connectivity index (χ4v) is 1.11. The van der Waals surface area contributed by atoms with E-state index >= 15 is 0 Å². The Morgan fingerprint density at radius 3 is 2.75 bits per heavy atom. The van der Waals surface area contributed by atoms with Crippen LogP contribution in [0.2, 0.25) is 0 Å². The predicted molar refractivity (Wildman–Crippen MR) is 50.8 cm³/mol. The fourth-order valence-electron chi connectivity index (χ4n) is 0.773. The summed E-state index contributed by atoms with van der Waals surface area (Å²) in [4.78, 5) is 10.3. The Balaban J connectivity index is 2.89. The van der Waals surface area contributed by atoms with E-state index in [-0.39, 0.29) is 0 Å². The maximum Gasteiger partial charge on any atom is 0.409 e. The summed E-state index contributed by atoms with van der Waals surface area (Å²) in [5, 5.41) is 0. The van der Waals surface area contributed by atoms with Crippen LogP contribution in [0, 0.1) is 6.92 Å². The first-order chi connectivity index (χ1) is 5.59. The van der Waals surface area contributed by atoms with Crippen molar-refractivity contribution in [1.82, 2.24) is 0 Å². The molecular formula is C8H6BrClO2. The molecule has 0 atom stereocenters. The highest BCUT2D eigenvalue weighted by Gasteiger charge is 2.01. The van der Waals surface area contributed by atoms with Gasteiger partial charge in [-0.25, -0.2) is 4.79 Å². The second kappa shape index (κ2) is 3.92. The molecule has 1 rings (SSSR count). The van der Waals surface area contributed by atoms with Gasteiger partial charge in [0, 0.05) is 16.1 Å². The lowest BCUT2D eigenvalue weighted by Crippen LogP contribution is -1.95. The lowest BCUT2D eigenvalue weighted by Gasteiger charge is -2.01. The summed E-state index contributed by atoms with van der Waals surface area (Å²) in [6.45, 7) is 1.90. The van der Waals surface area contributed by atoms with Crippen LogP contribution in [0.25, 0.3) is 0 Å². The Bertz CT molecular complexity index is 312. The van der Waals surface area contributed by atoms with Crippen LogP contribution < -0.4 is 4.74 Å². The van der Waals surface area contributed by atoms with Gasteiger partial charge in [0.1, 0.15) is 5.75 Å². The maximum atomic E-state index is 10.3. The van der Waals surface area contributed by atoms with Gasteiger partial charge in [0.25, 0.3) is 0 Å². The van der Waals surface area contributed by atoms with E-state index in [9.17, 15) is 4.79 Å². The second-order valence-corrected chi connectivity index (χ2v) is 3.41. The van der Waals surface area contributed by atoms with Crippen molar-refractivity contribution in [3.63, 3.8) is 0 Å². The zero-order valence-corrected chi connectivity index (χ0v) is 8.65. The molecule has 1 aromatic carbocycles. The SMILES string of the molecule is Cc1cc(OC(=O)Cl)ccc1Br. The number of rotatable bonds is 1. The number of hydrogen-bond donors (Lipinski definition) is 0. The molecule has 0 amide bonds. The topological polar surface area (TPSA) is 26.3 Å². The van der Waals surface area contributed by atoms with Crippen LogP contribution in [-0.4, -0.2) is 5.43 Å². The quantitative estimate of drug-likeness (QED) is 0.712. The van der Waals surface area contributed by atoms with Gasteiger partial charge in [0.2, 0.25) is 0 Å². The van der Waals surface area contributed by atoms with Crippen molar-refractivity contribution < 1.29 is 9.53 Å². The molecule has 0 bridgehead atoms. The number of hydrogen-bond acceptors (Lipinski definition) is 2. The Labute approximate surface area is 83.6 Å². The van der Waals surface area contributed by atoms with E-state index in [2.05, 4.69) is 20.7 Å². The summed E-state index contributed by atoms with van der Waals surface area (Å²) in [6, 6.07) is 5.19. The number of benzene rings is 1. The highest BCUT2D eigenvalue weighted by Crippen LogP contribution is 2.21. The Hall–Kier alpha value is -0.540. The maximum absolute atomic E-state index is 10.3. The first-order valence-corrected chi connectivity index (χ1v) is 4.40. The second-order valence-electron chi connectivity index (χ2n) is 2.25. The molecule has 0 heterocycles. The van der Waals surface area contributed by atoms with Crippen LogP contribution in [0.4, 0.5) is 4.79 Å². The van der Waals surface area contributed by atoms with Gasteiger partial charge in [-0.05, 0) is 30.7 Å². The average Bonchev–Trinajstić information content (AvgIpc) is 1.96. The third-order valence-electron chi connectivity index (χ3n) is 1.33. The van der Waals surface area contributed by atoms with E-state index < -0.39 is 5.43 Å². The molecule has 0 unspecified atom stereocenters. The average molecular weight is 249 g/mol. The largest absolute Gasteiger partial charge is 0.414 e. The van der Waals surface area contributed by atoms with Crippen LogP contribution in [-0.2, 0) is 0 Å². The normalized spacial score (nSPS) is 9.58. The minimum atomic E-state index is -0.822. The van der Waals surface area contributed by atoms with Gasteiger partial charge in [-0.1, -0.05) is 15.9 Å². The number of aryl methyl sites for hydroxylation is 1. The van der Waals surface area contributed by atoms with Gasteiger partial charge >= 0.3 is 5.43 Å². The summed E-state index contributed by atoms with van der Waals surface area (Å²) in [5.74, 6) is 0.454. The minimum Gasteiger partial charge on any atom is -0.414 e. The lowest BCUT2D eigenvalue weighted by molar-refractivity contribution is 0.225. The molecule has 0 radical (unpaired) electrons. The van der Waals surface area contributed by atoms with E-state index in [1.54, 1.807) is 18.2 Å². The molecule has 0 saturated heterocycles. The van der Waals surface area contributed by atoms with Gasteiger partial charge in [-0.15, -0.1) is 0 Å². The van der Waals surface area contributed by atoms with Crippen molar-refractivity contribution >= 4 is 33.0 Å². The molecule has 0 aromatic heterocycles. The van der Waals surface area contributed by atoms with Crippen molar-refractivity contribution in [3.05, 3.63) is 28.2 Å². The van der Waals surface area contributed by atoms with Gasteiger partial charge < -0.3 is 4.74 Å². The fraction of sp³-hybridized carbons (Fsp3) is 0.125. The van der Waals surface area contributed by atoms with Gasteiger partial charge in [0.05, 0.1) is 0 Å². The molecule has 0 aliphatic rings. The van der Waals surface area contributed by atoms with E-state index in [1.807, 2.05) is 6.92 Å². The first kappa shape index (κ1) is 9.55. The van der Waals surface area contributed by atoms with E-state index in [0.29, 0.717) is 5.75 Å². The highest BCUT2D eigenvalue weighted by atomic mass is 79.9. The van der Waals surface area contributed by atoms with Crippen LogP contribution >= 0.6 is 27.5 Å². The van der Waals surface area contributed by atoms with Crippen molar-refractivity contribution in [3.8, 4) is 5.75 Å². The summed E-state index contributed by atoms with van der Waals surface area (Å²) in [6.07, 6.45) is 0. The van der Waals surface area contributed by atoms with E-state index in [1.165, 1.54) is 0 Å². The van der Waals surface area contributed by atoms with Crippen molar-refractivity contribution in [2.75, 3.05) is 0 Å². The molecule has 12 heavy (non-hydrogen) atoms. The number of halogens is 2. The molecule has 64 valence electrons. The van der Waals surface area contributed by atoms with Crippen LogP contribution in [0.3, 0.4) is 0 Å². The Kier molecular flexibility index (Phi) is 3.12. The minimum absolute atomic E-state index is 0.454. The molecule has 0 N–H and O–H groups in total. The van der Waals surface area contributed by atoms with E-state index in [0.717, 1.165) is 10.0 Å². The smallest absolute Gasteiger partial charge is 0.409 e. The molecule has 0 saturated carbocycles. The molecule has 0 spiro atoms. The standard InChI is InChI=1S/C8H6BrClO2/c1-5-4-6(12-8(10)11)2-3-7(5)9/h2-4H,1H3. The van der Waals surface area contributed by atoms with Crippen molar-refractivity contribution in [1.29, 1.82) is 0 Å². The third kappa shape index (κ3) is 2.50. The summed E-state index contributed by atoms with van der Waals surface area (Å²) in [7, 11) is 0. The number of carbonyl (C=O) groups excluding carboxylic acids is 1. The zero-order valence-electron chi connectivity index (χ0n) is 6.30. The molecule has 2 nitrogen and oxygen atoms in total. The molecule has 0 fully saturated rings. The lowest BCUT2D eigenvalue weighted by atomic mass is 10.2. The Morgan fingerprint density at radius 2 is 2.25 bits per heavy atom. The third-order valence-corrected chi connectivity index (χ3v) is 2.29. The molecule has 0 aliphatic heterocycles. The van der Waals surface area contributed by atoms with Crippen molar-refractivity contribution in [2.24, 2.45) is 0 Å². The molecular weight excluding hydrogens is 243 g/mol. The molecule has 4 heteroatoms. The van der Waals surface area contributed by atoms with Gasteiger partial charge in [0.15, 0.2) is 0 Å². The van der Waals surface area contributed by atoms with Gasteiger partial charge in [-0.3, -0.25) is 0 Å². The predicted octanol–water partition coefficient (Wildman–Crippen LogP) is 3.50. The van der Waals surface area contributed by atoms with Crippen LogP contribution in [0.1, 0.15) is 5.56 Å². The number of carbonyl (C=O) groups is 1. The first-order valence-electron chi connectivity index (χ1n) is 3.23. The molecule has 1 aromatic rings. The van der Waals surface area contributed by atoms with Crippen molar-refractivity contribution in [2.45, 2.75) is 6.92 Å².